The van der Waals surface area contributed by atoms with E-state index in [1.165, 1.54) is 0 Å². The zero-order valence-corrected chi connectivity index (χ0v) is 19.1. The number of likely N-dealkylation sites (N-methyl/N-ethyl adjacent to an activating group) is 1. The molecule has 0 radical (unpaired) electrons. The summed E-state index contributed by atoms with van der Waals surface area (Å²) in [7, 11) is 3.50. The van der Waals surface area contributed by atoms with Crippen molar-refractivity contribution in [1.29, 1.82) is 0 Å². The molecule has 1 aromatic rings. The van der Waals surface area contributed by atoms with Crippen LogP contribution in [0.3, 0.4) is 0 Å². The predicted octanol–water partition coefficient (Wildman–Crippen LogP) is 2.78. The van der Waals surface area contributed by atoms with Crippen LogP contribution in [0.1, 0.15) is 39.7 Å². The molecule has 0 unspecified atom stereocenters. The van der Waals surface area contributed by atoms with Crippen molar-refractivity contribution in [3.8, 4) is 5.75 Å². The standard InChI is InChI=1S/C23H35N3O4/c1-7-17-14-25-18(15-26(17)22(28)30-23(2,3)4)13-24(5)21(27)20(25)12-16-9-8-10-19(11-16)29-6/h8-11,17-18,20H,7,12-15H2,1-6H3/t17-,18-,20-/m1/s1. The Kier molecular flexibility index (Phi) is 6.60. The highest BCUT2D eigenvalue weighted by Gasteiger charge is 2.46. The molecule has 30 heavy (non-hydrogen) atoms. The maximum absolute atomic E-state index is 13.1. The lowest BCUT2D eigenvalue weighted by Gasteiger charge is -2.52. The van der Waals surface area contributed by atoms with E-state index in [9.17, 15) is 9.59 Å². The molecule has 2 aliphatic rings. The highest BCUT2D eigenvalue weighted by Crippen LogP contribution is 2.28. The summed E-state index contributed by atoms with van der Waals surface area (Å²) in [6.45, 7) is 9.60. The van der Waals surface area contributed by atoms with Gasteiger partial charge in [0, 0.05) is 38.8 Å². The Bertz CT molecular complexity index is 776. The molecule has 3 atom stereocenters. The molecule has 0 N–H and O–H groups in total. The fourth-order valence-electron chi connectivity index (χ4n) is 4.44. The number of hydrogen-bond acceptors (Lipinski definition) is 5. The molecule has 1 aromatic carbocycles. The molecule has 3 rings (SSSR count). The van der Waals surface area contributed by atoms with E-state index in [4.69, 9.17) is 9.47 Å². The van der Waals surface area contributed by atoms with Gasteiger partial charge in [-0.25, -0.2) is 4.79 Å². The zero-order valence-electron chi connectivity index (χ0n) is 19.1. The largest absolute Gasteiger partial charge is 0.497 e. The fraction of sp³-hybridized carbons (Fsp3) is 0.652. The summed E-state index contributed by atoms with van der Waals surface area (Å²) in [5.74, 6) is 0.927. The number of carbonyl (C=O) groups is 2. The summed E-state index contributed by atoms with van der Waals surface area (Å²) in [5, 5.41) is 0. The summed E-state index contributed by atoms with van der Waals surface area (Å²) in [5.41, 5.74) is 0.546. The van der Waals surface area contributed by atoms with Crippen LogP contribution in [0.2, 0.25) is 0 Å². The second kappa shape index (κ2) is 8.84. The number of carbonyl (C=O) groups excluding carboxylic acids is 2. The van der Waals surface area contributed by atoms with E-state index in [2.05, 4.69) is 11.8 Å². The number of ether oxygens (including phenoxy) is 2. The number of fused-ring (bicyclic) bond motifs is 1. The Morgan fingerprint density at radius 2 is 1.93 bits per heavy atom. The Hall–Kier alpha value is -2.28. The van der Waals surface area contributed by atoms with Crippen molar-refractivity contribution in [1.82, 2.24) is 14.7 Å². The Morgan fingerprint density at radius 1 is 1.20 bits per heavy atom. The van der Waals surface area contributed by atoms with Gasteiger partial charge in [0.2, 0.25) is 5.91 Å². The summed E-state index contributed by atoms with van der Waals surface area (Å²) >= 11 is 0. The van der Waals surface area contributed by atoms with Gasteiger partial charge in [-0.2, -0.15) is 0 Å². The Morgan fingerprint density at radius 3 is 2.57 bits per heavy atom. The molecule has 2 fully saturated rings. The van der Waals surface area contributed by atoms with Crippen molar-refractivity contribution in [2.24, 2.45) is 0 Å². The monoisotopic (exact) mass is 417 g/mol. The summed E-state index contributed by atoms with van der Waals surface area (Å²) in [6, 6.07) is 7.78. The van der Waals surface area contributed by atoms with Crippen LogP contribution in [0.15, 0.2) is 24.3 Å². The molecular weight excluding hydrogens is 382 g/mol. The Balaban J connectivity index is 1.82. The van der Waals surface area contributed by atoms with Crippen molar-refractivity contribution in [2.75, 3.05) is 33.8 Å². The number of amides is 2. The first-order chi connectivity index (χ1) is 14.1. The van der Waals surface area contributed by atoms with Gasteiger partial charge in [-0.3, -0.25) is 9.69 Å². The number of benzene rings is 1. The van der Waals surface area contributed by atoms with Crippen LogP contribution in [0.4, 0.5) is 4.79 Å². The highest BCUT2D eigenvalue weighted by atomic mass is 16.6. The van der Waals surface area contributed by atoms with Crippen molar-refractivity contribution in [2.45, 2.75) is 64.3 Å². The first-order valence-electron chi connectivity index (χ1n) is 10.8. The van der Waals surface area contributed by atoms with E-state index in [1.54, 1.807) is 12.0 Å². The molecule has 0 spiro atoms. The van der Waals surface area contributed by atoms with Gasteiger partial charge in [-0.15, -0.1) is 0 Å². The first-order valence-corrected chi connectivity index (χ1v) is 10.8. The molecule has 0 aliphatic carbocycles. The van der Waals surface area contributed by atoms with E-state index in [1.807, 2.05) is 57.0 Å². The van der Waals surface area contributed by atoms with Crippen LogP contribution in [0, 0.1) is 0 Å². The minimum atomic E-state index is -0.527. The third kappa shape index (κ3) is 4.89. The van der Waals surface area contributed by atoms with Crippen LogP contribution in [0.25, 0.3) is 0 Å². The van der Waals surface area contributed by atoms with Crippen LogP contribution in [-0.4, -0.2) is 84.2 Å². The minimum Gasteiger partial charge on any atom is -0.497 e. The average molecular weight is 418 g/mol. The van der Waals surface area contributed by atoms with E-state index < -0.39 is 5.60 Å². The molecule has 7 heteroatoms. The van der Waals surface area contributed by atoms with Gasteiger partial charge < -0.3 is 19.3 Å². The third-order valence-electron chi connectivity index (χ3n) is 5.95. The van der Waals surface area contributed by atoms with Crippen LogP contribution in [0.5, 0.6) is 5.75 Å². The molecule has 2 heterocycles. The number of methoxy groups -OCH3 is 1. The number of piperazine rings is 2. The molecule has 2 amide bonds. The molecule has 2 aliphatic heterocycles. The average Bonchev–Trinajstić information content (AvgIpc) is 2.69. The minimum absolute atomic E-state index is 0.0279. The van der Waals surface area contributed by atoms with Gasteiger partial charge in [-0.1, -0.05) is 19.1 Å². The van der Waals surface area contributed by atoms with Crippen molar-refractivity contribution >= 4 is 12.0 Å². The van der Waals surface area contributed by atoms with Crippen LogP contribution in [-0.2, 0) is 16.0 Å². The lowest BCUT2D eigenvalue weighted by atomic mass is 9.94. The molecular formula is C23H35N3O4. The van der Waals surface area contributed by atoms with Gasteiger partial charge >= 0.3 is 6.09 Å². The fourth-order valence-corrected chi connectivity index (χ4v) is 4.44. The second-order valence-electron chi connectivity index (χ2n) is 9.34. The van der Waals surface area contributed by atoms with Gasteiger partial charge in [0.25, 0.3) is 0 Å². The lowest BCUT2D eigenvalue weighted by molar-refractivity contribution is -0.147. The molecule has 0 bridgehead atoms. The summed E-state index contributed by atoms with van der Waals surface area (Å²) < 4.78 is 11.0. The quantitative estimate of drug-likeness (QED) is 0.754. The molecule has 166 valence electrons. The summed E-state index contributed by atoms with van der Waals surface area (Å²) in [4.78, 5) is 31.9. The maximum Gasteiger partial charge on any atom is 0.410 e. The van der Waals surface area contributed by atoms with Crippen LogP contribution >= 0.6 is 0 Å². The number of nitrogens with zero attached hydrogens (tertiary/aromatic N) is 3. The number of rotatable bonds is 4. The SMILES string of the molecule is CC[C@@H]1CN2[C@H](CN(C)C(=O)[C@H]2Cc2cccc(OC)c2)CN1C(=O)OC(C)(C)C. The van der Waals surface area contributed by atoms with Crippen LogP contribution < -0.4 is 4.74 Å². The van der Waals surface area contributed by atoms with Crippen molar-refractivity contribution < 1.29 is 19.1 Å². The van der Waals surface area contributed by atoms with Gasteiger partial charge in [0.05, 0.1) is 13.2 Å². The van der Waals surface area contributed by atoms with Gasteiger partial charge in [0.15, 0.2) is 0 Å². The third-order valence-corrected chi connectivity index (χ3v) is 5.95. The predicted molar refractivity (Wildman–Crippen MR) is 116 cm³/mol. The van der Waals surface area contributed by atoms with E-state index in [0.717, 1.165) is 17.7 Å². The van der Waals surface area contributed by atoms with Gasteiger partial charge in [0.1, 0.15) is 11.4 Å². The van der Waals surface area contributed by atoms with E-state index in [0.29, 0.717) is 26.1 Å². The Labute approximate surface area is 179 Å². The van der Waals surface area contributed by atoms with Gasteiger partial charge in [-0.05, 0) is 51.3 Å². The molecule has 0 saturated carbocycles. The first kappa shape index (κ1) is 22.4. The van der Waals surface area contributed by atoms with Crippen molar-refractivity contribution in [3.05, 3.63) is 29.8 Å². The normalized spacial score (nSPS) is 25.1. The van der Waals surface area contributed by atoms with E-state index >= 15 is 0 Å². The molecule has 7 nitrogen and oxygen atoms in total. The summed E-state index contributed by atoms with van der Waals surface area (Å²) in [6.07, 6.45) is 1.18. The zero-order chi connectivity index (χ0) is 22.1. The smallest absolute Gasteiger partial charge is 0.410 e. The highest BCUT2D eigenvalue weighted by molar-refractivity contribution is 5.83. The van der Waals surface area contributed by atoms with Crippen molar-refractivity contribution in [3.63, 3.8) is 0 Å². The lowest BCUT2D eigenvalue weighted by Crippen LogP contribution is -2.70. The second-order valence-corrected chi connectivity index (χ2v) is 9.34. The topological polar surface area (TPSA) is 62.3 Å². The number of hydrogen-bond donors (Lipinski definition) is 0. The maximum atomic E-state index is 13.1. The molecule has 0 aromatic heterocycles. The molecule has 2 saturated heterocycles. The van der Waals surface area contributed by atoms with E-state index in [-0.39, 0.29) is 30.1 Å².